The zero-order valence-corrected chi connectivity index (χ0v) is 11.3. The van der Waals surface area contributed by atoms with E-state index in [0.29, 0.717) is 17.4 Å². The summed E-state index contributed by atoms with van der Waals surface area (Å²) >= 11 is 0. The molecular weight excluding hydrogens is 240 g/mol. The van der Waals surface area contributed by atoms with Crippen LogP contribution in [0.4, 0.5) is 5.69 Å². The second-order valence-electron chi connectivity index (χ2n) is 5.61. The van der Waals surface area contributed by atoms with Gasteiger partial charge in [0.15, 0.2) is 0 Å². The minimum Gasteiger partial charge on any atom is -0.397 e. The summed E-state index contributed by atoms with van der Waals surface area (Å²) in [5.74, 6) is 0.0802. The van der Waals surface area contributed by atoms with Gasteiger partial charge in [0.05, 0.1) is 0 Å². The fraction of sp³-hybridized carbons (Fsp3) is 0.643. The number of aromatic amines is 1. The van der Waals surface area contributed by atoms with Gasteiger partial charge in [0.2, 0.25) is 0 Å². The lowest BCUT2D eigenvalue weighted by molar-refractivity contribution is 0.0639. The van der Waals surface area contributed by atoms with Gasteiger partial charge in [-0.3, -0.25) is 4.79 Å². The van der Waals surface area contributed by atoms with Gasteiger partial charge < -0.3 is 20.5 Å². The number of piperidine rings is 1. The first-order valence-corrected chi connectivity index (χ1v) is 7.21. The van der Waals surface area contributed by atoms with Crippen molar-refractivity contribution in [3.05, 3.63) is 18.0 Å². The van der Waals surface area contributed by atoms with E-state index in [4.69, 9.17) is 5.73 Å². The molecule has 0 bridgehead atoms. The summed E-state index contributed by atoms with van der Waals surface area (Å²) in [4.78, 5) is 19.7. The van der Waals surface area contributed by atoms with E-state index in [9.17, 15) is 4.79 Å². The van der Waals surface area contributed by atoms with E-state index in [2.05, 4.69) is 9.88 Å². The van der Waals surface area contributed by atoms with E-state index in [1.165, 1.54) is 25.9 Å². The molecule has 0 atom stereocenters. The topological polar surface area (TPSA) is 65.4 Å². The van der Waals surface area contributed by atoms with Gasteiger partial charge in [-0.15, -0.1) is 0 Å². The third-order valence-corrected chi connectivity index (χ3v) is 4.34. The van der Waals surface area contributed by atoms with Crippen LogP contribution in [0.3, 0.4) is 0 Å². The predicted molar refractivity (Wildman–Crippen MR) is 74.9 cm³/mol. The minimum absolute atomic E-state index is 0.0802. The molecule has 1 aromatic heterocycles. The SMILES string of the molecule is Nc1c[nH]c(C(=O)N2CCC(N3CCCC3)CC2)c1. The van der Waals surface area contributed by atoms with E-state index in [0.717, 1.165) is 25.9 Å². The van der Waals surface area contributed by atoms with E-state index in [1.54, 1.807) is 12.3 Å². The molecule has 1 aromatic rings. The van der Waals surface area contributed by atoms with Crippen LogP contribution in [0.15, 0.2) is 12.3 Å². The highest BCUT2D eigenvalue weighted by Gasteiger charge is 2.28. The Kier molecular flexibility index (Phi) is 3.46. The third kappa shape index (κ3) is 2.61. The van der Waals surface area contributed by atoms with Crippen molar-refractivity contribution in [3.8, 4) is 0 Å². The average molecular weight is 262 g/mol. The zero-order chi connectivity index (χ0) is 13.2. The number of nitrogens with one attached hydrogen (secondary N) is 1. The van der Waals surface area contributed by atoms with Crippen molar-refractivity contribution >= 4 is 11.6 Å². The molecular formula is C14H22N4O. The number of rotatable bonds is 2. The molecule has 0 radical (unpaired) electrons. The molecule has 2 aliphatic rings. The van der Waals surface area contributed by atoms with Crippen molar-refractivity contribution in [1.29, 1.82) is 0 Å². The summed E-state index contributed by atoms with van der Waals surface area (Å²) < 4.78 is 0. The number of hydrogen-bond acceptors (Lipinski definition) is 3. The van der Waals surface area contributed by atoms with Crippen LogP contribution in [-0.2, 0) is 0 Å². The number of carbonyl (C=O) groups is 1. The number of nitrogens with zero attached hydrogens (tertiary/aromatic N) is 2. The molecule has 0 aromatic carbocycles. The van der Waals surface area contributed by atoms with Crippen molar-refractivity contribution in [3.63, 3.8) is 0 Å². The van der Waals surface area contributed by atoms with Gasteiger partial charge in [-0.1, -0.05) is 0 Å². The second kappa shape index (κ2) is 5.25. The highest BCUT2D eigenvalue weighted by Crippen LogP contribution is 2.22. The summed E-state index contributed by atoms with van der Waals surface area (Å²) in [7, 11) is 0. The zero-order valence-electron chi connectivity index (χ0n) is 11.3. The van der Waals surface area contributed by atoms with E-state index in [-0.39, 0.29) is 5.91 Å². The van der Waals surface area contributed by atoms with Gasteiger partial charge in [-0.25, -0.2) is 0 Å². The molecule has 2 fully saturated rings. The first-order valence-electron chi connectivity index (χ1n) is 7.21. The first-order chi connectivity index (χ1) is 9.24. The first kappa shape index (κ1) is 12.5. The molecule has 0 saturated carbocycles. The van der Waals surface area contributed by atoms with Gasteiger partial charge in [0.1, 0.15) is 5.69 Å². The molecule has 0 unspecified atom stereocenters. The molecule has 1 amide bonds. The van der Waals surface area contributed by atoms with E-state index in [1.807, 2.05) is 4.90 Å². The van der Waals surface area contributed by atoms with Crippen LogP contribution >= 0.6 is 0 Å². The standard InChI is InChI=1S/C14H22N4O/c15-11-9-13(16-10-11)14(19)18-7-3-12(4-8-18)17-5-1-2-6-17/h9-10,12,16H,1-8,15H2. The van der Waals surface area contributed by atoms with Crippen LogP contribution in [0.1, 0.15) is 36.2 Å². The second-order valence-corrected chi connectivity index (χ2v) is 5.61. The highest BCUT2D eigenvalue weighted by molar-refractivity contribution is 5.93. The number of H-pyrrole nitrogens is 1. The molecule has 104 valence electrons. The number of hydrogen-bond donors (Lipinski definition) is 2. The normalized spacial score (nSPS) is 22.0. The average Bonchev–Trinajstić information content (AvgIpc) is 3.09. The van der Waals surface area contributed by atoms with Crippen LogP contribution in [0.2, 0.25) is 0 Å². The molecule has 2 saturated heterocycles. The van der Waals surface area contributed by atoms with Crippen LogP contribution in [0, 0.1) is 0 Å². The Hall–Kier alpha value is -1.49. The van der Waals surface area contributed by atoms with Crippen molar-refractivity contribution in [2.45, 2.75) is 31.7 Å². The monoisotopic (exact) mass is 262 g/mol. The van der Waals surface area contributed by atoms with E-state index >= 15 is 0 Å². The Bertz CT molecular complexity index is 442. The number of aromatic nitrogens is 1. The number of nitrogen functional groups attached to an aromatic ring is 1. The summed E-state index contributed by atoms with van der Waals surface area (Å²) in [5.41, 5.74) is 6.87. The Morgan fingerprint density at radius 1 is 1.21 bits per heavy atom. The van der Waals surface area contributed by atoms with Crippen molar-refractivity contribution in [2.75, 3.05) is 31.9 Å². The summed E-state index contributed by atoms with van der Waals surface area (Å²) in [6, 6.07) is 2.40. The maximum Gasteiger partial charge on any atom is 0.270 e. The van der Waals surface area contributed by atoms with Gasteiger partial charge in [0, 0.05) is 31.0 Å². The Morgan fingerprint density at radius 2 is 1.89 bits per heavy atom. The van der Waals surface area contributed by atoms with Crippen LogP contribution in [0.5, 0.6) is 0 Å². The lowest BCUT2D eigenvalue weighted by Gasteiger charge is -2.36. The Balaban J connectivity index is 1.56. The molecule has 2 aliphatic heterocycles. The molecule has 3 rings (SSSR count). The fourth-order valence-corrected chi connectivity index (χ4v) is 3.25. The molecule has 5 nitrogen and oxygen atoms in total. The molecule has 5 heteroatoms. The maximum absolute atomic E-state index is 12.3. The van der Waals surface area contributed by atoms with Crippen LogP contribution in [0.25, 0.3) is 0 Å². The lowest BCUT2D eigenvalue weighted by atomic mass is 10.0. The molecule has 19 heavy (non-hydrogen) atoms. The Morgan fingerprint density at radius 3 is 2.47 bits per heavy atom. The number of carbonyl (C=O) groups excluding carboxylic acids is 1. The molecule has 3 N–H and O–H groups in total. The molecule has 3 heterocycles. The quantitative estimate of drug-likeness (QED) is 0.844. The Labute approximate surface area is 113 Å². The summed E-state index contributed by atoms with van der Waals surface area (Å²) in [5, 5.41) is 0. The minimum atomic E-state index is 0.0802. The van der Waals surface area contributed by atoms with Crippen molar-refractivity contribution < 1.29 is 4.79 Å². The smallest absolute Gasteiger partial charge is 0.270 e. The molecule has 0 spiro atoms. The summed E-state index contributed by atoms with van der Waals surface area (Å²) in [6.07, 6.45) is 6.54. The highest BCUT2D eigenvalue weighted by atomic mass is 16.2. The van der Waals surface area contributed by atoms with Gasteiger partial charge in [-0.05, 0) is 44.8 Å². The van der Waals surface area contributed by atoms with Gasteiger partial charge in [0.25, 0.3) is 5.91 Å². The van der Waals surface area contributed by atoms with Crippen molar-refractivity contribution in [2.24, 2.45) is 0 Å². The number of amides is 1. The lowest BCUT2D eigenvalue weighted by Crippen LogP contribution is -2.46. The summed E-state index contributed by atoms with van der Waals surface area (Å²) in [6.45, 7) is 4.20. The van der Waals surface area contributed by atoms with Crippen LogP contribution < -0.4 is 5.73 Å². The predicted octanol–water partition coefficient (Wildman–Crippen LogP) is 1.30. The van der Waals surface area contributed by atoms with Crippen LogP contribution in [-0.4, -0.2) is 52.9 Å². The van der Waals surface area contributed by atoms with E-state index < -0.39 is 0 Å². The van der Waals surface area contributed by atoms with Crippen molar-refractivity contribution in [1.82, 2.24) is 14.8 Å². The number of anilines is 1. The fourth-order valence-electron chi connectivity index (χ4n) is 3.25. The van der Waals surface area contributed by atoms with Gasteiger partial charge >= 0.3 is 0 Å². The maximum atomic E-state index is 12.3. The molecule has 0 aliphatic carbocycles. The number of likely N-dealkylation sites (tertiary alicyclic amines) is 2. The largest absolute Gasteiger partial charge is 0.397 e. The van der Waals surface area contributed by atoms with Gasteiger partial charge in [-0.2, -0.15) is 0 Å². The third-order valence-electron chi connectivity index (χ3n) is 4.34. The number of nitrogens with two attached hydrogens (primary N) is 1.